The molecule has 3 aromatic carbocycles. The molecule has 3 N–H and O–H groups in total. The summed E-state index contributed by atoms with van der Waals surface area (Å²) in [4.78, 5) is 28.4. The molecule has 0 radical (unpaired) electrons. The first kappa shape index (κ1) is 36.7. The molecule has 1 aromatic heterocycles. The Balaban J connectivity index is 1.28. The van der Waals surface area contributed by atoms with Gasteiger partial charge in [-0.05, 0) is 103 Å². The minimum absolute atomic E-state index is 0.0737. The minimum atomic E-state index is -0.735. The van der Waals surface area contributed by atoms with E-state index in [-0.39, 0.29) is 34.2 Å². The van der Waals surface area contributed by atoms with Crippen LogP contribution in [-0.4, -0.2) is 49.9 Å². The number of hydrogen-bond donors (Lipinski definition) is 3. The van der Waals surface area contributed by atoms with Gasteiger partial charge in [0, 0.05) is 44.5 Å². The highest BCUT2D eigenvalue weighted by atomic mass is 35.5. The fraction of sp³-hybridized carbons (Fsp3) is 0.439. The van der Waals surface area contributed by atoms with Gasteiger partial charge in [0.25, 0.3) is 0 Å². The van der Waals surface area contributed by atoms with E-state index in [9.17, 15) is 24.9 Å². The Bertz CT molecular complexity index is 1820. The zero-order valence-electron chi connectivity index (χ0n) is 28.5. The van der Waals surface area contributed by atoms with Gasteiger partial charge in [0.05, 0.1) is 24.5 Å². The van der Waals surface area contributed by atoms with Crippen molar-refractivity contribution in [2.45, 2.75) is 87.7 Å². The van der Waals surface area contributed by atoms with Gasteiger partial charge in [-0.2, -0.15) is 23.5 Å². The molecule has 0 aliphatic heterocycles. The fourth-order valence-electron chi connectivity index (χ4n) is 6.91. The standard InChI is InChI=1S/C41H46ClNO5S2/c1-27(44)19-30-6-3-2-5-28(30)11-14-36(49-25-40(15-16-40)23-38(45)46)31-7-4-8-32(20-31)37(50-26-41(17-18-41)24-39(47)48)22-34-13-10-29-9-12-33(42)21-35(29)43-34/h2-10,12-13,20-21,27,36-37,44H,11,14-19,22-26H2,1H3,(H,45,46)(H,47,48)/t27?,36?,37-/m0/s1. The first-order valence-corrected chi connectivity index (χ1v) is 20.0. The number of aliphatic hydroxyl groups excluding tert-OH is 1. The lowest BCUT2D eigenvalue weighted by Crippen LogP contribution is -2.14. The predicted molar refractivity (Wildman–Crippen MR) is 205 cm³/mol. The number of pyridine rings is 1. The smallest absolute Gasteiger partial charge is 0.303 e. The Morgan fingerprint density at radius 1 is 0.780 bits per heavy atom. The van der Waals surface area contributed by atoms with E-state index in [0.29, 0.717) is 17.9 Å². The number of carboxylic acids is 2. The number of thioether (sulfide) groups is 2. The Morgan fingerprint density at radius 3 is 2.00 bits per heavy atom. The normalized spacial score (nSPS) is 17.6. The van der Waals surface area contributed by atoms with Crippen molar-refractivity contribution in [3.05, 3.63) is 112 Å². The van der Waals surface area contributed by atoms with Crippen LogP contribution >= 0.6 is 35.1 Å². The van der Waals surface area contributed by atoms with Crippen LogP contribution < -0.4 is 0 Å². The van der Waals surface area contributed by atoms with Gasteiger partial charge in [0.1, 0.15) is 0 Å². The van der Waals surface area contributed by atoms with E-state index in [2.05, 4.69) is 54.6 Å². The van der Waals surface area contributed by atoms with Gasteiger partial charge in [-0.15, -0.1) is 0 Å². The highest BCUT2D eigenvalue weighted by Gasteiger charge is 2.45. The molecule has 50 heavy (non-hydrogen) atoms. The molecule has 9 heteroatoms. The van der Waals surface area contributed by atoms with Crippen LogP contribution in [0.4, 0.5) is 0 Å². The largest absolute Gasteiger partial charge is 0.481 e. The van der Waals surface area contributed by atoms with Crippen molar-refractivity contribution >= 4 is 58.0 Å². The van der Waals surface area contributed by atoms with Crippen molar-refractivity contribution in [1.29, 1.82) is 0 Å². The summed E-state index contributed by atoms with van der Waals surface area (Å²) in [5.74, 6) is 0.127. The molecule has 2 fully saturated rings. The number of aliphatic hydroxyl groups is 1. The van der Waals surface area contributed by atoms with Crippen molar-refractivity contribution in [2.24, 2.45) is 10.8 Å². The highest BCUT2D eigenvalue weighted by molar-refractivity contribution is 7.99. The molecule has 6 nitrogen and oxygen atoms in total. The maximum absolute atomic E-state index is 11.7. The first-order valence-electron chi connectivity index (χ1n) is 17.6. The summed E-state index contributed by atoms with van der Waals surface area (Å²) in [6, 6.07) is 27.1. The van der Waals surface area contributed by atoms with Crippen LogP contribution in [0.15, 0.2) is 78.9 Å². The van der Waals surface area contributed by atoms with E-state index >= 15 is 0 Å². The van der Waals surface area contributed by atoms with E-state index < -0.39 is 18.0 Å². The van der Waals surface area contributed by atoms with Crippen molar-refractivity contribution in [1.82, 2.24) is 4.98 Å². The molecule has 4 aromatic rings. The van der Waals surface area contributed by atoms with Crippen molar-refractivity contribution in [3.63, 3.8) is 0 Å². The average molecular weight is 732 g/mol. The third kappa shape index (κ3) is 10.1. The van der Waals surface area contributed by atoms with Gasteiger partial charge >= 0.3 is 11.9 Å². The molecular formula is C41H46ClNO5S2. The summed E-state index contributed by atoms with van der Waals surface area (Å²) < 4.78 is 0. The number of benzene rings is 3. The predicted octanol–water partition coefficient (Wildman–Crippen LogP) is 9.75. The second-order valence-electron chi connectivity index (χ2n) is 14.6. The van der Waals surface area contributed by atoms with Crippen LogP contribution in [0.3, 0.4) is 0 Å². The SMILES string of the molecule is CC(O)Cc1ccccc1CCC(SCC1(CC(=O)O)CC1)c1cccc([C@H](Cc2ccc3ccc(Cl)cc3n2)SCC2(CC(=O)O)CC2)c1. The second kappa shape index (κ2) is 16.1. The molecular weight excluding hydrogens is 686 g/mol. The number of rotatable bonds is 19. The van der Waals surface area contributed by atoms with Crippen LogP contribution in [0, 0.1) is 10.8 Å². The average Bonchev–Trinajstić information content (AvgIpc) is 4.01. The highest BCUT2D eigenvalue weighted by Crippen LogP contribution is 2.55. The van der Waals surface area contributed by atoms with Crippen LogP contribution in [0.25, 0.3) is 10.9 Å². The van der Waals surface area contributed by atoms with Crippen LogP contribution in [0.2, 0.25) is 5.02 Å². The van der Waals surface area contributed by atoms with E-state index in [1.807, 2.05) is 54.7 Å². The number of hydrogen-bond acceptors (Lipinski definition) is 6. The van der Waals surface area contributed by atoms with Gasteiger partial charge in [-0.25, -0.2) is 0 Å². The number of aromatic nitrogens is 1. The van der Waals surface area contributed by atoms with E-state index in [4.69, 9.17) is 16.6 Å². The number of halogens is 1. The fourth-order valence-corrected chi connectivity index (χ4v) is 10.2. The lowest BCUT2D eigenvalue weighted by atomic mass is 9.95. The Hall–Kier alpha value is -3.04. The number of carbonyl (C=O) groups is 2. The number of aliphatic carboxylic acids is 2. The lowest BCUT2D eigenvalue weighted by molar-refractivity contribution is -0.139. The molecule has 2 unspecified atom stereocenters. The van der Waals surface area contributed by atoms with Crippen molar-refractivity contribution in [3.8, 4) is 0 Å². The maximum Gasteiger partial charge on any atom is 0.303 e. The summed E-state index contributed by atoms with van der Waals surface area (Å²) in [6.45, 7) is 1.82. The van der Waals surface area contributed by atoms with Crippen molar-refractivity contribution < 1.29 is 24.9 Å². The van der Waals surface area contributed by atoms with Crippen LogP contribution in [-0.2, 0) is 28.9 Å². The first-order chi connectivity index (χ1) is 24.0. The third-order valence-corrected chi connectivity index (χ3v) is 13.8. The Labute approximate surface area is 308 Å². The van der Waals surface area contributed by atoms with E-state index in [0.717, 1.165) is 66.6 Å². The molecule has 0 bridgehead atoms. The van der Waals surface area contributed by atoms with Gasteiger partial charge < -0.3 is 15.3 Å². The van der Waals surface area contributed by atoms with Crippen molar-refractivity contribution in [2.75, 3.05) is 11.5 Å². The molecule has 0 amide bonds. The summed E-state index contributed by atoms with van der Waals surface area (Å²) in [7, 11) is 0. The number of fused-ring (bicyclic) bond motifs is 1. The molecule has 3 atom stereocenters. The zero-order chi connectivity index (χ0) is 35.3. The number of aryl methyl sites for hydroxylation is 1. The van der Waals surface area contributed by atoms with E-state index in [1.165, 1.54) is 22.3 Å². The molecule has 1 heterocycles. The Morgan fingerprint density at radius 2 is 1.38 bits per heavy atom. The molecule has 2 aliphatic rings. The van der Waals surface area contributed by atoms with Gasteiger partial charge in [0.15, 0.2) is 0 Å². The van der Waals surface area contributed by atoms with Crippen LogP contribution in [0.5, 0.6) is 0 Å². The van der Waals surface area contributed by atoms with Gasteiger partial charge in [-0.3, -0.25) is 14.6 Å². The molecule has 0 saturated heterocycles. The molecule has 2 aliphatic carbocycles. The zero-order valence-corrected chi connectivity index (χ0v) is 30.9. The Kier molecular flexibility index (Phi) is 11.8. The lowest BCUT2D eigenvalue weighted by Gasteiger charge is -2.24. The summed E-state index contributed by atoms with van der Waals surface area (Å²) in [6.07, 6.45) is 6.85. The molecule has 2 saturated carbocycles. The van der Waals surface area contributed by atoms with Gasteiger partial charge in [0.2, 0.25) is 0 Å². The monoisotopic (exact) mass is 731 g/mol. The number of nitrogens with zero attached hydrogens (tertiary/aromatic N) is 1. The quantitative estimate of drug-likeness (QED) is 0.0875. The number of carboxylic acid groups (broad SMARTS) is 2. The summed E-state index contributed by atoms with van der Waals surface area (Å²) >= 11 is 10.0. The topological polar surface area (TPSA) is 108 Å². The molecule has 264 valence electrons. The van der Waals surface area contributed by atoms with E-state index in [1.54, 1.807) is 0 Å². The van der Waals surface area contributed by atoms with Gasteiger partial charge in [-0.1, -0.05) is 72.3 Å². The minimum Gasteiger partial charge on any atom is -0.481 e. The second-order valence-corrected chi connectivity index (χ2v) is 17.4. The molecule has 6 rings (SSSR count). The summed E-state index contributed by atoms with van der Waals surface area (Å²) in [5, 5.41) is 31.3. The summed E-state index contributed by atoms with van der Waals surface area (Å²) in [5.41, 5.74) is 6.39. The van der Waals surface area contributed by atoms with Crippen LogP contribution in [0.1, 0.15) is 90.3 Å². The maximum atomic E-state index is 11.7. The third-order valence-electron chi connectivity index (χ3n) is 10.2. The molecule has 0 spiro atoms.